The summed E-state index contributed by atoms with van der Waals surface area (Å²) in [5, 5.41) is 23.7. The number of aliphatic hydroxyl groups excluding tert-OH is 1. The molecule has 9 nitrogen and oxygen atoms in total. The van der Waals surface area contributed by atoms with Crippen LogP contribution in [0.3, 0.4) is 0 Å². The molecule has 0 bridgehead atoms. The van der Waals surface area contributed by atoms with E-state index in [1.165, 1.54) is 0 Å². The zero-order chi connectivity index (χ0) is 17.1. The van der Waals surface area contributed by atoms with E-state index in [0.29, 0.717) is 41.7 Å². The largest absolute Gasteiger partial charge is 0.398 e. The first-order valence-corrected chi connectivity index (χ1v) is 7.61. The Balaban J connectivity index is 1.89. The van der Waals surface area contributed by atoms with Crippen molar-refractivity contribution in [3.8, 4) is 0 Å². The SMILES string of the molecule is CC(O)CNc1nc(NCc2ccccc2N)c2nnn(C)c2n1. The molecule has 5 N–H and O–H groups in total. The predicted octanol–water partition coefficient (Wildman–Crippen LogP) is 0.745. The Labute approximate surface area is 138 Å². The number of nitrogen functional groups attached to an aromatic ring is 1. The molecular formula is C15H20N8O. The lowest BCUT2D eigenvalue weighted by Crippen LogP contribution is -2.17. The van der Waals surface area contributed by atoms with Crippen LogP contribution in [0.2, 0.25) is 0 Å². The number of hydrogen-bond acceptors (Lipinski definition) is 8. The zero-order valence-electron chi connectivity index (χ0n) is 13.6. The van der Waals surface area contributed by atoms with Crippen LogP contribution in [0.4, 0.5) is 17.5 Å². The Kier molecular flexibility index (Phi) is 4.43. The van der Waals surface area contributed by atoms with Crippen molar-refractivity contribution < 1.29 is 5.11 Å². The number of nitrogens with two attached hydrogens (primary N) is 1. The Bertz CT molecular complexity index is 845. The van der Waals surface area contributed by atoms with Gasteiger partial charge in [0, 0.05) is 25.8 Å². The van der Waals surface area contributed by atoms with Gasteiger partial charge in [-0.1, -0.05) is 23.4 Å². The van der Waals surface area contributed by atoms with E-state index in [2.05, 4.69) is 30.9 Å². The smallest absolute Gasteiger partial charge is 0.226 e. The van der Waals surface area contributed by atoms with Crippen LogP contribution in [-0.4, -0.2) is 42.7 Å². The van der Waals surface area contributed by atoms with E-state index in [9.17, 15) is 5.11 Å². The highest BCUT2D eigenvalue weighted by Crippen LogP contribution is 2.21. The summed E-state index contributed by atoms with van der Waals surface area (Å²) in [5.41, 5.74) is 8.82. The van der Waals surface area contributed by atoms with Gasteiger partial charge in [-0.2, -0.15) is 9.97 Å². The van der Waals surface area contributed by atoms with Gasteiger partial charge in [0.05, 0.1) is 6.10 Å². The Morgan fingerprint density at radius 3 is 2.79 bits per heavy atom. The first-order valence-electron chi connectivity index (χ1n) is 7.61. The standard InChI is InChI=1S/C15H20N8O/c1-9(24)7-18-15-19-13(12-14(20-15)23(2)22-21-12)17-8-10-5-3-4-6-11(10)16/h3-6,9,24H,7-8,16H2,1-2H3,(H2,17,18,19,20). The van der Waals surface area contributed by atoms with Crippen LogP contribution in [0.25, 0.3) is 11.2 Å². The Morgan fingerprint density at radius 1 is 1.25 bits per heavy atom. The highest BCUT2D eigenvalue weighted by atomic mass is 16.3. The average Bonchev–Trinajstić information content (AvgIpc) is 2.93. The van der Waals surface area contributed by atoms with Gasteiger partial charge in [0.15, 0.2) is 17.0 Å². The molecule has 0 spiro atoms. The summed E-state index contributed by atoms with van der Waals surface area (Å²) in [6.07, 6.45) is -0.505. The number of para-hydroxylation sites is 1. The van der Waals surface area contributed by atoms with Gasteiger partial charge in [0.2, 0.25) is 5.95 Å². The van der Waals surface area contributed by atoms with Crippen molar-refractivity contribution in [2.75, 3.05) is 22.9 Å². The fraction of sp³-hybridized carbons (Fsp3) is 0.333. The minimum absolute atomic E-state index is 0.349. The lowest BCUT2D eigenvalue weighted by atomic mass is 10.2. The lowest BCUT2D eigenvalue weighted by molar-refractivity contribution is 0.208. The van der Waals surface area contributed by atoms with Gasteiger partial charge in [0.25, 0.3) is 0 Å². The molecule has 1 unspecified atom stereocenters. The van der Waals surface area contributed by atoms with E-state index < -0.39 is 6.10 Å². The van der Waals surface area contributed by atoms with E-state index in [-0.39, 0.29) is 0 Å². The van der Waals surface area contributed by atoms with Gasteiger partial charge in [-0.15, -0.1) is 5.10 Å². The maximum absolute atomic E-state index is 9.42. The second kappa shape index (κ2) is 6.67. The monoisotopic (exact) mass is 328 g/mol. The molecule has 0 aliphatic heterocycles. The van der Waals surface area contributed by atoms with E-state index in [4.69, 9.17) is 5.73 Å². The average molecular weight is 328 g/mol. The summed E-state index contributed by atoms with van der Waals surface area (Å²) in [4.78, 5) is 8.81. The number of nitrogens with one attached hydrogen (secondary N) is 2. The number of rotatable bonds is 6. The van der Waals surface area contributed by atoms with Crippen molar-refractivity contribution in [1.29, 1.82) is 0 Å². The number of anilines is 3. The van der Waals surface area contributed by atoms with Crippen molar-refractivity contribution >= 4 is 28.6 Å². The molecule has 9 heteroatoms. The molecule has 0 radical (unpaired) electrons. The summed E-state index contributed by atoms with van der Waals surface area (Å²) in [7, 11) is 1.76. The second-order valence-corrected chi connectivity index (χ2v) is 5.56. The van der Waals surface area contributed by atoms with E-state index in [1.807, 2.05) is 24.3 Å². The summed E-state index contributed by atoms with van der Waals surface area (Å²) in [5.74, 6) is 0.960. The lowest BCUT2D eigenvalue weighted by Gasteiger charge is -2.11. The molecule has 2 heterocycles. The van der Waals surface area contributed by atoms with Crippen molar-refractivity contribution in [1.82, 2.24) is 25.0 Å². The van der Waals surface area contributed by atoms with Crippen molar-refractivity contribution in [2.24, 2.45) is 7.05 Å². The fourth-order valence-corrected chi connectivity index (χ4v) is 2.23. The van der Waals surface area contributed by atoms with Crippen LogP contribution in [0, 0.1) is 0 Å². The third kappa shape index (κ3) is 3.35. The molecule has 24 heavy (non-hydrogen) atoms. The van der Waals surface area contributed by atoms with Crippen molar-refractivity contribution in [3.63, 3.8) is 0 Å². The maximum Gasteiger partial charge on any atom is 0.226 e. The molecule has 0 aliphatic rings. The molecule has 0 saturated heterocycles. The minimum atomic E-state index is -0.505. The molecule has 3 aromatic rings. The summed E-state index contributed by atoms with van der Waals surface area (Å²) in [6, 6.07) is 7.62. The Morgan fingerprint density at radius 2 is 2.04 bits per heavy atom. The molecule has 0 fully saturated rings. The van der Waals surface area contributed by atoms with E-state index in [0.717, 1.165) is 5.56 Å². The molecule has 1 aromatic carbocycles. The normalized spacial score (nSPS) is 12.3. The van der Waals surface area contributed by atoms with Gasteiger partial charge < -0.3 is 21.5 Å². The van der Waals surface area contributed by atoms with Crippen LogP contribution in [-0.2, 0) is 13.6 Å². The molecule has 2 aromatic heterocycles. The number of fused-ring (bicyclic) bond motifs is 1. The van der Waals surface area contributed by atoms with Crippen LogP contribution < -0.4 is 16.4 Å². The third-order valence-corrected chi connectivity index (χ3v) is 3.51. The van der Waals surface area contributed by atoms with Crippen LogP contribution in [0.15, 0.2) is 24.3 Å². The number of benzene rings is 1. The summed E-state index contributed by atoms with van der Waals surface area (Å²) >= 11 is 0. The molecule has 126 valence electrons. The van der Waals surface area contributed by atoms with Crippen LogP contribution >= 0.6 is 0 Å². The van der Waals surface area contributed by atoms with E-state index >= 15 is 0 Å². The third-order valence-electron chi connectivity index (χ3n) is 3.51. The van der Waals surface area contributed by atoms with Gasteiger partial charge in [0.1, 0.15) is 0 Å². The number of nitrogens with zero attached hydrogens (tertiary/aromatic N) is 5. The van der Waals surface area contributed by atoms with Crippen LogP contribution in [0.5, 0.6) is 0 Å². The zero-order valence-corrected chi connectivity index (χ0v) is 13.6. The summed E-state index contributed by atoms with van der Waals surface area (Å²) in [6.45, 7) is 2.54. The van der Waals surface area contributed by atoms with Crippen molar-refractivity contribution in [2.45, 2.75) is 19.6 Å². The van der Waals surface area contributed by atoms with Gasteiger partial charge in [-0.05, 0) is 18.6 Å². The molecule has 0 saturated carbocycles. The Hall–Kier alpha value is -2.94. The number of hydrogen-bond donors (Lipinski definition) is 4. The van der Waals surface area contributed by atoms with Crippen LogP contribution in [0.1, 0.15) is 12.5 Å². The predicted molar refractivity (Wildman–Crippen MR) is 92.5 cm³/mol. The van der Waals surface area contributed by atoms with Gasteiger partial charge >= 0.3 is 0 Å². The number of aliphatic hydroxyl groups is 1. The molecular weight excluding hydrogens is 308 g/mol. The number of aryl methyl sites for hydroxylation is 1. The van der Waals surface area contributed by atoms with E-state index in [1.54, 1.807) is 18.7 Å². The summed E-state index contributed by atoms with van der Waals surface area (Å²) < 4.78 is 1.58. The first kappa shape index (κ1) is 15.9. The molecule has 3 rings (SSSR count). The quantitative estimate of drug-likeness (QED) is 0.488. The molecule has 0 amide bonds. The fourth-order valence-electron chi connectivity index (χ4n) is 2.23. The second-order valence-electron chi connectivity index (χ2n) is 5.56. The first-order chi connectivity index (χ1) is 11.5. The highest BCUT2D eigenvalue weighted by Gasteiger charge is 2.13. The van der Waals surface area contributed by atoms with Gasteiger partial charge in [-0.3, -0.25) is 0 Å². The molecule has 0 aliphatic carbocycles. The van der Waals surface area contributed by atoms with Crippen molar-refractivity contribution in [3.05, 3.63) is 29.8 Å². The highest BCUT2D eigenvalue weighted by molar-refractivity contribution is 5.83. The maximum atomic E-state index is 9.42. The topological polar surface area (TPSA) is 127 Å². The minimum Gasteiger partial charge on any atom is -0.398 e. The van der Waals surface area contributed by atoms with Gasteiger partial charge in [-0.25, -0.2) is 4.68 Å². The molecule has 1 atom stereocenters. The number of aromatic nitrogens is 5.